The molecule has 0 aromatic heterocycles. The molecule has 112 valence electrons. The van der Waals surface area contributed by atoms with E-state index in [2.05, 4.69) is 0 Å². The van der Waals surface area contributed by atoms with E-state index < -0.39 is 17.5 Å². The first-order valence-electron chi connectivity index (χ1n) is 6.97. The Hall–Kier alpha value is -2.14. The summed E-state index contributed by atoms with van der Waals surface area (Å²) in [6, 6.07) is 7.00. The highest BCUT2D eigenvalue weighted by molar-refractivity contribution is 6.15. The summed E-state index contributed by atoms with van der Waals surface area (Å²) in [7, 11) is 1.59. The van der Waals surface area contributed by atoms with Gasteiger partial charge >= 0.3 is 5.97 Å². The number of hydrogen-bond donors (Lipinski definition) is 2. The molecule has 1 aliphatic rings. The van der Waals surface area contributed by atoms with Crippen molar-refractivity contribution in [1.29, 1.82) is 0 Å². The van der Waals surface area contributed by atoms with Crippen LogP contribution < -0.4 is 4.90 Å². The SMILES string of the molecule is CCCCC1(O)C(=O)N(C)c2ccccc2/C1=C\C(=O)O. The molecule has 1 unspecified atom stereocenters. The van der Waals surface area contributed by atoms with E-state index in [0.29, 0.717) is 17.7 Å². The zero-order valence-corrected chi connectivity index (χ0v) is 12.2. The van der Waals surface area contributed by atoms with Gasteiger partial charge in [-0.15, -0.1) is 0 Å². The maximum absolute atomic E-state index is 12.5. The summed E-state index contributed by atoms with van der Waals surface area (Å²) in [6.45, 7) is 1.95. The molecule has 0 spiro atoms. The Bertz CT molecular complexity index is 608. The Balaban J connectivity index is 2.65. The molecule has 1 amide bonds. The van der Waals surface area contributed by atoms with Crippen LogP contribution in [0, 0.1) is 0 Å². The number of carbonyl (C=O) groups is 2. The zero-order chi connectivity index (χ0) is 15.6. The van der Waals surface area contributed by atoms with Crippen LogP contribution in [0.25, 0.3) is 5.57 Å². The fourth-order valence-corrected chi connectivity index (χ4v) is 2.71. The second-order valence-corrected chi connectivity index (χ2v) is 5.24. The molecule has 0 aliphatic carbocycles. The van der Waals surface area contributed by atoms with Gasteiger partial charge in [-0.05, 0) is 18.9 Å². The van der Waals surface area contributed by atoms with Gasteiger partial charge in [-0.1, -0.05) is 31.5 Å². The number of unbranched alkanes of at least 4 members (excludes halogenated alkanes) is 1. The Labute approximate surface area is 123 Å². The summed E-state index contributed by atoms with van der Waals surface area (Å²) in [5, 5.41) is 20.0. The van der Waals surface area contributed by atoms with Crippen LogP contribution in [0.15, 0.2) is 30.3 Å². The van der Waals surface area contributed by atoms with Crippen LogP contribution in [0.2, 0.25) is 0 Å². The number of likely N-dealkylation sites (N-methyl/N-ethyl adjacent to an activating group) is 1. The minimum Gasteiger partial charge on any atom is -0.478 e. The van der Waals surface area contributed by atoms with Gasteiger partial charge in [-0.25, -0.2) is 4.79 Å². The first-order valence-corrected chi connectivity index (χ1v) is 6.97. The minimum atomic E-state index is -1.78. The van der Waals surface area contributed by atoms with Gasteiger partial charge in [0.1, 0.15) is 0 Å². The number of para-hydroxylation sites is 1. The van der Waals surface area contributed by atoms with Crippen LogP contribution in [-0.4, -0.2) is 34.7 Å². The number of benzene rings is 1. The van der Waals surface area contributed by atoms with Crippen molar-refractivity contribution >= 4 is 23.1 Å². The van der Waals surface area contributed by atoms with E-state index in [-0.39, 0.29) is 12.0 Å². The smallest absolute Gasteiger partial charge is 0.328 e. The third-order valence-corrected chi connectivity index (χ3v) is 3.82. The molecule has 21 heavy (non-hydrogen) atoms. The molecule has 5 heteroatoms. The first-order chi connectivity index (χ1) is 9.91. The molecular weight excluding hydrogens is 270 g/mol. The topological polar surface area (TPSA) is 77.8 Å². The highest BCUT2D eigenvalue weighted by atomic mass is 16.4. The van der Waals surface area contributed by atoms with E-state index in [4.69, 9.17) is 5.11 Å². The van der Waals surface area contributed by atoms with Gasteiger partial charge in [-0.3, -0.25) is 4.79 Å². The van der Waals surface area contributed by atoms with Crippen molar-refractivity contribution in [1.82, 2.24) is 0 Å². The van der Waals surface area contributed by atoms with Gasteiger partial charge < -0.3 is 15.1 Å². The fourth-order valence-electron chi connectivity index (χ4n) is 2.71. The predicted molar refractivity (Wildman–Crippen MR) is 79.9 cm³/mol. The van der Waals surface area contributed by atoms with Crippen LogP contribution in [-0.2, 0) is 9.59 Å². The maximum Gasteiger partial charge on any atom is 0.328 e. The molecule has 2 N–H and O–H groups in total. The number of aliphatic carboxylic acids is 1. The molecule has 1 aromatic rings. The van der Waals surface area contributed by atoms with Gasteiger partial charge in [0.15, 0.2) is 5.60 Å². The molecule has 2 rings (SSSR count). The Morgan fingerprint density at radius 1 is 1.38 bits per heavy atom. The largest absolute Gasteiger partial charge is 0.478 e. The summed E-state index contributed by atoms with van der Waals surface area (Å²) in [5.74, 6) is -1.66. The van der Waals surface area contributed by atoms with E-state index in [1.54, 1.807) is 31.3 Å². The summed E-state index contributed by atoms with van der Waals surface area (Å²) in [6.07, 6.45) is 2.59. The molecule has 1 aromatic carbocycles. The highest BCUT2D eigenvalue weighted by Gasteiger charge is 2.47. The summed E-state index contributed by atoms with van der Waals surface area (Å²) in [4.78, 5) is 25.1. The van der Waals surface area contributed by atoms with E-state index in [1.165, 1.54) is 4.90 Å². The molecule has 0 fully saturated rings. The lowest BCUT2D eigenvalue weighted by Crippen LogP contribution is -2.52. The minimum absolute atomic E-state index is 0.169. The van der Waals surface area contributed by atoms with Gasteiger partial charge in [0, 0.05) is 24.3 Å². The van der Waals surface area contributed by atoms with E-state index >= 15 is 0 Å². The first kappa shape index (κ1) is 15.3. The highest BCUT2D eigenvalue weighted by Crippen LogP contribution is 2.42. The molecule has 0 saturated carbocycles. The molecule has 0 saturated heterocycles. The number of aliphatic hydroxyl groups is 1. The summed E-state index contributed by atoms with van der Waals surface area (Å²) >= 11 is 0. The molecular formula is C16H19NO4. The zero-order valence-electron chi connectivity index (χ0n) is 12.2. The summed E-state index contributed by atoms with van der Waals surface area (Å²) in [5.41, 5.74) is -0.420. The van der Waals surface area contributed by atoms with Gasteiger partial charge in [0.05, 0.1) is 5.69 Å². The normalized spacial score (nSPS) is 23.3. The second kappa shape index (κ2) is 5.69. The van der Waals surface area contributed by atoms with E-state index in [9.17, 15) is 14.7 Å². The number of amides is 1. The van der Waals surface area contributed by atoms with Crippen LogP contribution in [0.4, 0.5) is 5.69 Å². The predicted octanol–water partition coefficient (Wildman–Crippen LogP) is 2.05. The average molecular weight is 289 g/mol. The van der Waals surface area contributed by atoms with Gasteiger partial charge in [0.2, 0.25) is 0 Å². The van der Waals surface area contributed by atoms with E-state index in [1.807, 2.05) is 6.92 Å². The molecule has 0 bridgehead atoms. The third-order valence-electron chi connectivity index (χ3n) is 3.82. The lowest BCUT2D eigenvalue weighted by molar-refractivity contribution is -0.132. The number of rotatable bonds is 4. The second-order valence-electron chi connectivity index (χ2n) is 5.24. The quantitative estimate of drug-likeness (QED) is 0.832. The number of hydrogen-bond acceptors (Lipinski definition) is 3. The molecule has 1 aliphatic heterocycles. The van der Waals surface area contributed by atoms with Crippen molar-refractivity contribution in [2.75, 3.05) is 11.9 Å². The van der Waals surface area contributed by atoms with Crippen molar-refractivity contribution in [2.45, 2.75) is 31.8 Å². The Morgan fingerprint density at radius 2 is 2.05 bits per heavy atom. The van der Waals surface area contributed by atoms with Crippen LogP contribution in [0.3, 0.4) is 0 Å². The maximum atomic E-state index is 12.5. The Morgan fingerprint density at radius 3 is 2.67 bits per heavy atom. The average Bonchev–Trinajstić information content (AvgIpc) is 2.47. The van der Waals surface area contributed by atoms with Crippen LogP contribution in [0.5, 0.6) is 0 Å². The van der Waals surface area contributed by atoms with Crippen LogP contribution >= 0.6 is 0 Å². The van der Waals surface area contributed by atoms with Crippen molar-refractivity contribution in [3.05, 3.63) is 35.9 Å². The van der Waals surface area contributed by atoms with Crippen molar-refractivity contribution in [3.8, 4) is 0 Å². The van der Waals surface area contributed by atoms with Crippen LogP contribution in [0.1, 0.15) is 31.7 Å². The summed E-state index contributed by atoms with van der Waals surface area (Å²) < 4.78 is 0. The third kappa shape index (κ3) is 2.56. The van der Waals surface area contributed by atoms with Gasteiger partial charge in [-0.2, -0.15) is 0 Å². The number of carboxylic acid groups (broad SMARTS) is 1. The van der Waals surface area contributed by atoms with Gasteiger partial charge in [0.25, 0.3) is 5.91 Å². The number of nitrogens with zero attached hydrogens (tertiary/aromatic N) is 1. The monoisotopic (exact) mass is 289 g/mol. The molecule has 1 heterocycles. The molecule has 1 atom stereocenters. The Kier molecular flexibility index (Phi) is 4.14. The molecule has 5 nitrogen and oxygen atoms in total. The molecule has 0 radical (unpaired) electrons. The standard InChI is InChI=1S/C16H19NO4/c1-3-4-9-16(21)12(10-14(18)19)11-7-5-6-8-13(11)17(2)15(16)20/h5-8,10,21H,3-4,9H2,1-2H3,(H,18,19)/b12-10+. The number of fused-ring (bicyclic) bond motifs is 1. The number of carbonyl (C=O) groups excluding carboxylic acids is 1. The number of anilines is 1. The van der Waals surface area contributed by atoms with Crippen molar-refractivity contribution in [3.63, 3.8) is 0 Å². The fraction of sp³-hybridized carbons (Fsp3) is 0.375. The lowest BCUT2D eigenvalue weighted by Gasteiger charge is -2.39. The lowest BCUT2D eigenvalue weighted by atomic mass is 9.79. The number of carboxylic acids is 1. The van der Waals surface area contributed by atoms with Crippen molar-refractivity contribution < 1.29 is 19.8 Å². The van der Waals surface area contributed by atoms with E-state index in [0.717, 1.165) is 12.5 Å². The van der Waals surface area contributed by atoms with Crippen molar-refractivity contribution in [2.24, 2.45) is 0 Å².